The second-order valence-corrected chi connectivity index (χ2v) is 6.98. The Hall–Kier alpha value is -1.59. The molecule has 132 valence electrons. The van der Waals surface area contributed by atoms with Gasteiger partial charge in [-0.1, -0.05) is 31.0 Å². The van der Waals surface area contributed by atoms with Crippen molar-refractivity contribution < 1.29 is 9.59 Å². The zero-order chi connectivity index (χ0) is 16.4. The van der Waals surface area contributed by atoms with Crippen LogP contribution in [0.2, 0.25) is 0 Å². The van der Waals surface area contributed by atoms with Crippen LogP contribution in [0.4, 0.5) is 5.69 Å². The van der Waals surface area contributed by atoms with Crippen LogP contribution in [-0.2, 0) is 9.59 Å². The number of benzene rings is 1. The zero-order valence-electron chi connectivity index (χ0n) is 14.0. The van der Waals surface area contributed by atoms with Gasteiger partial charge in [-0.3, -0.25) is 9.59 Å². The van der Waals surface area contributed by atoms with E-state index >= 15 is 0 Å². The van der Waals surface area contributed by atoms with E-state index in [2.05, 4.69) is 5.32 Å². The van der Waals surface area contributed by atoms with E-state index in [0.29, 0.717) is 13.0 Å². The third-order valence-corrected chi connectivity index (χ3v) is 5.16. The Bertz CT molecular complexity index is 591. The fourth-order valence-corrected chi connectivity index (χ4v) is 3.74. The summed E-state index contributed by atoms with van der Waals surface area (Å²) in [4.78, 5) is 26.9. The summed E-state index contributed by atoms with van der Waals surface area (Å²) in [5.41, 5.74) is 6.71. The smallest absolute Gasteiger partial charge is 0.249 e. The number of halogens is 1. The van der Waals surface area contributed by atoms with Crippen molar-refractivity contribution in [3.05, 3.63) is 30.3 Å². The SMILES string of the molecule is CC1(N)CCCCC1C(=O)NC1CCN(c2ccccc2)C1=O.Cl. The van der Waals surface area contributed by atoms with Gasteiger partial charge in [0, 0.05) is 17.8 Å². The van der Waals surface area contributed by atoms with Crippen LogP contribution >= 0.6 is 12.4 Å². The first kappa shape index (κ1) is 18.7. The van der Waals surface area contributed by atoms with Crippen molar-refractivity contribution in [2.24, 2.45) is 11.7 Å². The Morgan fingerprint density at radius 1 is 1.25 bits per heavy atom. The van der Waals surface area contributed by atoms with Gasteiger partial charge in [-0.25, -0.2) is 0 Å². The standard InChI is InChI=1S/C18H25N3O2.ClH/c1-18(19)11-6-5-9-14(18)16(22)20-15-10-12-21(17(15)23)13-7-3-2-4-8-13;/h2-4,7-8,14-15H,5-6,9-12,19H2,1H3,(H,20,22);1H. The lowest BCUT2D eigenvalue weighted by Gasteiger charge is -2.37. The number of nitrogens with one attached hydrogen (secondary N) is 1. The fourth-order valence-electron chi connectivity index (χ4n) is 3.74. The number of rotatable bonds is 3. The van der Waals surface area contributed by atoms with E-state index in [4.69, 9.17) is 5.73 Å². The number of carbonyl (C=O) groups is 2. The van der Waals surface area contributed by atoms with E-state index in [1.165, 1.54) is 0 Å². The molecule has 3 unspecified atom stereocenters. The van der Waals surface area contributed by atoms with Gasteiger partial charge >= 0.3 is 0 Å². The maximum Gasteiger partial charge on any atom is 0.249 e. The molecule has 3 atom stereocenters. The molecular formula is C18H26ClN3O2. The molecule has 0 bridgehead atoms. The highest BCUT2D eigenvalue weighted by molar-refractivity contribution is 6.01. The Kier molecular flexibility index (Phi) is 5.88. The number of nitrogens with two attached hydrogens (primary N) is 1. The highest BCUT2D eigenvalue weighted by Gasteiger charge is 2.40. The second kappa shape index (κ2) is 7.53. The van der Waals surface area contributed by atoms with E-state index in [-0.39, 0.29) is 30.1 Å². The number of carbonyl (C=O) groups excluding carboxylic acids is 2. The summed E-state index contributed by atoms with van der Waals surface area (Å²) in [7, 11) is 0. The quantitative estimate of drug-likeness (QED) is 0.876. The molecular weight excluding hydrogens is 326 g/mol. The van der Waals surface area contributed by atoms with Gasteiger partial charge in [-0.2, -0.15) is 0 Å². The summed E-state index contributed by atoms with van der Waals surface area (Å²) in [6.45, 7) is 2.58. The van der Waals surface area contributed by atoms with E-state index in [1.54, 1.807) is 4.90 Å². The lowest BCUT2D eigenvalue weighted by Crippen LogP contribution is -2.55. The van der Waals surface area contributed by atoms with Gasteiger partial charge in [-0.05, 0) is 38.3 Å². The number of hydrogen-bond acceptors (Lipinski definition) is 3. The average molecular weight is 352 g/mol. The number of nitrogens with zero attached hydrogens (tertiary/aromatic N) is 1. The van der Waals surface area contributed by atoms with Crippen molar-refractivity contribution in [2.45, 2.75) is 50.6 Å². The molecule has 3 N–H and O–H groups in total. The lowest BCUT2D eigenvalue weighted by molar-refractivity contribution is -0.131. The van der Waals surface area contributed by atoms with Crippen molar-refractivity contribution in [1.82, 2.24) is 5.32 Å². The van der Waals surface area contributed by atoms with Gasteiger partial charge < -0.3 is 16.0 Å². The monoisotopic (exact) mass is 351 g/mol. The molecule has 0 radical (unpaired) electrons. The van der Waals surface area contributed by atoms with Crippen LogP contribution < -0.4 is 16.0 Å². The molecule has 24 heavy (non-hydrogen) atoms. The van der Waals surface area contributed by atoms with Crippen molar-refractivity contribution in [1.29, 1.82) is 0 Å². The predicted molar refractivity (Wildman–Crippen MR) is 97.1 cm³/mol. The molecule has 2 amide bonds. The number of anilines is 1. The van der Waals surface area contributed by atoms with E-state index in [9.17, 15) is 9.59 Å². The predicted octanol–water partition coefficient (Wildman–Crippen LogP) is 2.24. The molecule has 1 saturated carbocycles. The molecule has 1 aliphatic carbocycles. The van der Waals surface area contributed by atoms with Crippen molar-refractivity contribution >= 4 is 29.9 Å². The van der Waals surface area contributed by atoms with Crippen LogP contribution in [0.3, 0.4) is 0 Å². The Balaban J connectivity index is 0.00000208. The van der Waals surface area contributed by atoms with Crippen LogP contribution in [0.25, 0.3) is 0 Å². The number of para-hydroxylation sites is 1. The summed E-state index contributed by atoms with van der Waals surface area (Å²) in [6, 6.07) is 9.15. The highest BCUT2D eigenvalue weighted by Crippen LogP contribution is 2.32. The van der Waals surface area contributed by atoms with E-state index < -0.39 is 11.6 Å². The fraction of sp³-hybridized carbons (Fsp3) is 0.556. The van der Waals surface area contributed by atoms with Crippen molar-refractivity contribution in [3.63, 3.8) is 0 Å². The molecule has 1 saturated heterocycles. The molecule has 2 fully saturated rings. The Morgan fingerprint density at radius 3 is 2.62 bits per heavy atom. The van der Waals surface area contributed by atoms with Crippen LogP contribution in [-0.4, -0.2) is 29.9 Å². The molecule has 1 aromatic carbocycles. The first-order valence-corrected chi connectivity index (χ1v) is 8.45. The summed E-state index contributed by atoms with van der Waals surface area (Å²) >= 11 is 0. The Labute approximate surface area is 149 Å². The van der Waals surface area contributed by atoms with Crippen molar-refractivity contribution in [3.8, 4) is 0 Å². The van der Waals surface area contributed by atoms with Gasteiger partial charge in [0.1, 0.15) is 6.04 Å². The maximum atomic E-state index is 12.6. The molecule has 1 heterocycles. The lowest BCUT2D eigenvalue weighted by atomic mass is 9.74. The normalized spacial score (nSPS) is 29.9. The molecule has 2 aliphatic rings. The molecule has 0 aromatic heterocycles. The minimum atomic E-state index is -0.469. The molecule has 3 rings (SSSR count). The second-order valence-electron chi connectivity index (χ2n) is 6.98. The Morgan fingerprint density at radius 2 is 1.96 bits per heavy atom. The third-order valence-electron chi connectivity index (χ3n) is 5.16. The van der Waals surface area contributed by atoms with Gasteiger partial charge in [0.2, 0.25) is 11.8 Å². The van der Waals surface area contributed by atoms with Gasteiger partial charge in [0.15, 0.2) is 0 Å². The van der Waals surface area contributed by atoms with E-state index in [0.717, 1.165) is 31.4 Å². The highest BCUT2D eigenvalue weighted by atomic mass is 35.5. The molecule has 1 aliphatic heterocycles. The van der Waals surface area contributed by atoms with Gasteiger partial charge in [0.05, 0.1) is 5.92 Å². The summed E-state index contributed by atoms with van der Waals surface area (Å²) < 4.78 is 0. The molecule has 5 nitrogen and oxygen atoms in total. The van der Waals surface area contributed by atoms with Gasteiger partial charge in [-0.15, -0.1) is 12.4 Å². The van der Waals surface area contributed by atoms with Crippen LogP contribution in [0.15, 0.2) is 30.3 Å². The molecule has 6 heteroatoms. The number of hydrogen-bond donors (Lipinski definition) is 2. The van der Waals surface area contributed by atoms with E-state index in [1.807, 2.05) is 37.3 Å². The average Bonchev–Trinajstić information content (AvgIpc) is 2.88. The van der Waals surface area contributed by atoms with Crippen LogP contribution in [0, 0.1) is 5.92 Å². The maximum absolute atomic E-state index is 12.6. The van der Waals surface area contributed by atoms with Gasteiger partial charge in [0.25, 0.3) is 0 Å². The minimum absolute atomic E-state index is 0. The number of amides is 2. The van der Waals surface area contributed by atoms with Crippen molar-refractivity contribution in [2.75, 3.05) is 11.4 Å². The minimum Gasteiger partial charge on any atom is -0.344 e. The first-order valence-electron chi connectivity index (χ1n) is 8.45. The van der Waals surface area contributed by atoms with Crippen LogP contribution in [0.5, 0.6) is 0 Å². The summed E-state index contributed by atoms with van der Waals surface area (Å²) in [6.07, 6.45) is 4.41. The largest absolute Gasteiger partial charge is 0.344 e. The molecule has 1 aromatic rings. The summed E-state index contributed by atoms with van der Waals surface area (Å²) in [5.74, 6) is -0.295. The zero-order valence-corrected chi connectivity index (χ0v) is 14.8. The third kappa shape index (κ3) is 3.73. The summed E-state index contributed by atoms with van der Waals surface area (Å²) in [5, 5.41) is 2.94. The molecule has 0 spiro atoms. The topological polar surface area (TPSA) is 75.4 Å². The van der Waals surface area contributed by atoms with Crippen LogP contribution in [0.1, 0.15) is 39.0 Å². The first-order chi connectivity index (χ1) is 11.0.